The number of amides is 2. The molecule has 43 heavy (non-hydrogen) atoms. The van der Waals surface area contributed by atoms with Gasteiger partial charge >= 0.3 is 0 Å². The highest BCUT2D eigenvalue weighted by Crippen LogP contribution is 2.31. The standard InChI is InChI=1S/C32H36BrCl2N3O4S/c1-43(41,42)38(29-21-26(34)17-18-28(29)35)19-7-12-31(39)37(22-24-13-15-25(33)16-14-24)30(20-23-8-3-2-4-9-23)32(40)36-27-10-5-6-11-27/h2-4,8-9,13-18,21,27,30H,5-7,10-12,19-20,22H2,1H3,(H,36,40)/t30-/m0/s1. The number of anilines is 1. The highest BCUT2D eigenvalue weighted by atomic mass is 79.9. The highest BCUT2D eigenvalue weighted by molar-refractivity contribution is 9.10. The minimum Gasteiger partial charge on any atom is -0.352 e. The summed E-state index contributed by atoms with van der Waals surface area (Å²) in [6.07, 6.45) is 5.70. The largest absolute Gasteiger partial charge is 0.352 e. The van der Waals surface area contributed by atoms with Gasteiger partial charge in [-0.15, -0.1) is 0 Å². The van der Waals surface area contributed by atoms with Gasteiger partial charge in [-0.05, 0) is 60.7 Å². The first-order valence-corrected chi connectivity index (χ1v) is 17.7. The van der Waals surface area contributed by atoms with E-state index in [0.717, 1.165) is 47.5 Å². The van der Waals surface area contributed by atoms with E-state index in [9.17, 15) is 18.0 Å². The highest BCUT2D eigenvalue weighted by Gasteiger charge is 2.32. The molecule has 1 saturated carbocycles. The molecule has 4 rings (SSSR count). The molecule has 1 aliphatic rings. The van der Waals surface area contributed by atoms with E-state index in [1.165, 1.54) is 10.4 Å². The number of carbonyl (C=O) groups excluding carboxylic acids is 2. The van der Waals surface area contributed by atoms with E-state index < -0.39 is 16.1 Å². The van der Waals surface area contributed by atoms with Crippen molar-refractivity contribution in [3.63, 3.8) is 0 Å². The van der Waals surface area contributed by atoms with Gasteiger partial charge in [0.25, 0.3) is 0 Å². The van der Waals surface area contributed by atoms with Gasteiger partial charge in [-0.3, -0.25) is 13.9 Å². The molecule has 230 valence electrons. The van der Waals surface area contributed by atoms with E-state index in [-0.39, 0.29) is 54.5 Å². The van der Waals surface area contributed by atoms with Crippen LogP contribution < -0.4 is 9.62 Å². The minimum absolute atomic E-state index is 0.0222. The first kappa shape index (κ1) is 33.3. The number of hydrogen-bond donors (Lipinski definition) is 1. The van der Waals surface area contributed by atoms with Crippen LogP contribution in [-0.2, 0) is 32.6 Å². The monoisotopic (exact) mass is 707 g/mol. The molecular formula is C32H36BrCl2N3O4S. The molecule has 0 saturated heterocycles. The van der Waals surface area contributed by atoms with Crippen LogP contribution in [0.5, 0.6) is 0 Å². The lowest BCUT2D eigenvalue weighted by atomic mass is 10.0. The fourth-order valence-electron chi connectivity index (χ4n) is 5.37. The van der Waals surface area contributed by atoms with Gasteiger partial charge < -0.3 is 10.2 Å². The fourth-order valence-corrected chi connectivity index (χ4v) is 7.04. The van der Waals surface area contributed by atoms with Gasteiger partial charge in [-0.2, -0.15) is 0 Å². The Bertz CT molecular complexity index is 1500. The number of rotatable bonds is 13. The molecule has 0 aliphatic heterocycles. The van der Waals surface area contributed by atoms with Crippen LogP contribution in [0.2, 0.25) is 10.0 Å². The van der Waals surface area contributed by atoms with E-state index in [0.29, 0.717) is 11.4 Å². The quantitative estimate of drug-likeness (QED) is 0.207. The van der Waals surface area contributed by atoms with Crippen molar-refractivity contribution in [1.29, 1.82) is 0 Å². The number of halogens is 3. The average molecular weight is 710 g/mol. The molecule has 2 amide bonds. The lowest BCUT2D eigenvalue weighted by Crippen LogP contribution is -2.52. The molecule has 0 heterocycles. The number of sulfonamides is 1. The Morgan fingerprint density at radius 3 is 2.30 bits per heavy atom. The lowest BCUT2D eigenvalue weighted by Gasteiger charge is -2.33. The second kappa shape index (κ2) is 15.4. The van der Waals surface area contributed by atoms with Crippen molar-refractivity contribution in [2.75, 3.05) is 17.1 Å². The van der Waals surface area contributed by atoms with E-state index in [4.69, 9.17) is 23.2 Å². The van der Waals surface area contributed by atoms with Crippen LogP contribution in [0.1, 0.15) is 49.7 Å². The van der Waals surface area contributed by atoms with Crippen LogP contribution >= 0.6 is 39.1 Å². The molecule has 11 heteroatoms. The molecule has 1 atom stereocenters. The molecule has 0 radical (unpaired) electrons. The number of benzene rings is 3. The summed E-state index contributed by atoms with van der Waals surface area (Å²) in [5, 5.41) is 3.79. The zero-order valence-corrected chi connectivity index (χ0v) is 27.9. The molecule has 1 N–H and O–H groups in total. The Morgan fingerprint density at radius 2 is 1.65 bits per heavy atom. The Labute approximate surface area is 272 Å². The molecule has 7 nitrogen and oxygen atoms in total. The fraction of sp³-hybridized carbons (Fsp3) is 0.375. The van der Waals surface area contributed by atoms with E-state index in [1.807, 2.05) is 54.6 Å². The summed E-state index contributed by atoms with van der Waals surface area (Å²) < 4.78 is 27.5. The van der Waals surface area contributed by atoms with Crippen LogP contribution in [0.4, 0.5) is 5.69 Å². The Hall–Kier alpha value is -2.59. The maximum absolute atomic E-state index is 14.0. The second-order valence-corrected chi connectivity index (χ2v) is 14.5. The van der Waals surface area contributed by atoms with Gasteiger partial charge in [0.2, 0.25) is 21.8 Å². The summed E-state index contributed by atoms with van der Waals surface area (Å²) in [6.45, 7) is 0.256. The second-order valence-electron chi connectivity index (χ2n) is 10.9. The first-order chi connectivity index (χ1) is 20.5. The summed E-state index contributed by atoms with van der Waals surface area (Å²) in [7, 11) is -3.72. The van der Waals surface area contributed by atoms with E-state index in [2.05, 4.69) is 21.2 Å². The molecule has 0 unspecified atom stereocenters. The number of carbonyl (C=O) groups is 2. The van der Waals surface area contributed by atoms with Crippen molar-refractivity contribution in [2.45, 2.75) is 63.6 Å². The van der Waals surface area contributed by atoms with Crippen LogP contribution in [0, 0.1) is 0 Å². The molecule has 3 aromatic rings. The average Bonchev–Trinajstić information content (AvgIpc) is 3.48. The summed E-state index contributed by atoms with van der Waals surface area (Å²) >= 11 is 15.9. The molecular weight excluding hydrogens is 673 g/mol. The molecule has 1 aliphatic carbocycles. The van der Waals surface area contributed by atoms with Crippen molar-refractivity contribution < 1.29 is 18.0 Å². The van der Waals surface area contributed by atoms with Crippen molar-refractivity contribution in [1.82, 2.24) is 10.2 Å². The van der Waals surface area contributed by atoms with Crippen molar-refractivity contribution in [2.24, 2.45) is 0 Å². The predicted octanol–water partition coefficient (Wildman–Crippen LogP) is 7.00. The molecule has 0 spiro atoms. The number of nitrogens with one attached hydrogen (secondary N) is 1. The normalized spacial score (nSPS) is 14.3. The topological polar surface area (TPSA) is 86.8 Å². The van der Waals surface area contributed by atoms with Gasteiger partial charge in [0.05, 0.1) is 17.0 Å². The number of nitrogens with zero attached hydrogens (tertiary/aromatic N) is 2. The smallest absolute Gasteiger partial charge is 0.243 e. The summed E-state index contributed by atoms with van der Waals surface area (Å²) in [5.41, 5.74) is 2.09. The molecule has 1 fully saturated rings. The first-order valence-electron chi connectivity index (χ1n) is 14.3. The SMILES string of the molecule is CS(=O)(=O)N(CCCC(=O)N(Cc1ccc(Br)cc1)[C@@H](Cc1ccccc1)C(=O)NC1CCCC1)c1cc(Cl)ccc1Cl. The van der Waals surface area contributed by atoms with Gasteiger partial charge in [0.15, 0.2) is 0 Å². The molecule has 0 aromatic heterocycles. The van der Waals surface area contributed by atoms with Crippen molar-refractivity contribution in [3.8, 4) is 0 Å². The summed E-state index contributed by atoms with van der Waals surface area (Å²) in [6, 6.07) is 21.3. The molecule has 3 aromatic carbocycles. The van der Waals surface area contributed by atoms with E-state index >= 15 is 0 Å². The van der Waals surface area contributed by atoms with Crippen molar-refractivity contribution >= 4 is 66.7 Å². The zero-order valence-electron chi connectivity index (χ0n) is 24.0. The lowest BCUT2D eigenvalue weighted by molar-refractivity contribution is -0.141. The van der Waals surface area contributed by atoms with E-state index in [1.54, 1.807) is 17.0 Å². The maximum Gasteiger partial charge on any atom is 0.243 e. The van der Waals surface area contributed by atoms with Crippen LogP contribution in [0.15, 0.2) is 77.3 Å². The summed E-state index contributed by atoms with van der Waals surface area (Å²) in [4.78, 5) is 29.5. The van der Waals surface area contributed by atoms with Crippen LogP contribution in [0.3, 0.4) is 0 Å². The number of hydrogen-bond acceptors (Lipinski definition) is 4. The Morgan fingerprint density at radius 1 is 0.977 bits per heavy atom. The van der Waals surface area contributed by atoms with Crippen LogP contribution in [0.25, 0.3) is 0 Å². The minimum atomic E-state index is -3.72. The van der Waals surface area contributed by atoms with Gasteiger partial charge in [0, 0.05) is 41.5 Å². The zero-order chi connectivity index (χ0) is 31.0. The third-order valence-corrected chi connectivity index (χ3v) is 9.83. The van der Waals surface area contributed by atoms with Gasteiger partial charge in [-0.1, -0.05) is 94.4 Å². The third kappa shape index (κ3) is 9.70. The van der Waals surface area contributed by atoms with Gasteiger partial charge in [0.1, 0.15) is 6.04 Å². The van der Waals surface area contributed by atoms with Gasteiger partial charge in [-0.25, -0.2) is 8.42 Å². The van der Waals surface area contributed by atoms with Crippen molar-refractivity contribution in [3.05, 3.63) is 98.4 Å². The maximum atomic E-state index is 14.0. The Balaban J connectivity index is 1.59. The van der Waals surface area contributed by atoms with Crippen LogP contribution in [-0.4, -0.2) is 50.0 Å². The predicted molar refractivity (Wildman–Crippen MR) is 177 cm³/mol. The summed E-state index contributed by atoms with van der Waals surface area (Å²) in [5.74, 6) is -0.416. The molecule has 0 bridgehead atoms. The Kier molecular flexibility index (Phi) is 11.9. The third-order valence-electron chi connectivity index (χ3n) is 7.57.